The Kier molecular flexibility index (Phi) is 6.34. The van der Waals surface area contributed by atoms with Gasteiger partial charge in [-0.3, -0.25) is 9.38 Å². The minimum atomic E-state index is 0. The molecule has 0 aromatic heterocycles. The van der Waals surface area contributed by atoms with Gasteiger partial charge in [0.2, 0.25) is 0 Å². The van der Waals surface area contributed by atoms with Crippen molar-refractivity contribution in [2.45, 2.75) is 70.1 Å². The molecule has 4 aliphatic heterocycles. The van der Waals surface area contributed by atoms with E-state index in [9.17, 15) is 0 Å². The summed E-state index contributed by atoms with van der Waals surface area (Å²) in [6.45, 7) is 10.5. The van der Waals surface area contributed by atoms with Gasteiger partial charge >= 0.3 is 0 Å². The highest BCUT2D eigenvalue weighted by molar-refractivity contribution is 5.85. The normalized spacial score (nSPS) is 34.2. The smallest absolute Gasteiger partial charge is 0.133 e. The summed E-state index contributed by atoms with van der Waals surface area (Å²) in [6, 6.07) is 9.83. The second-order valence-electron chi connectivity index (χ2n) is 9.31. The second kappa shape index (κ2) is 8.61. The molecule has 1 aromatic rings. The molecular weight excluding hydrogens is 370 g/mol. The van der Waals surface area contributed by atoms with Crippen LogP contribution in [0.3, 0.4) is 0 Å². The SMILES string of the molecule is C[C@H]1CCC[N+]1(c1ccc2c(c1)CCN(C1CCOCC1)C2)[C@H]1CCNC1.Cl. The molecule has 28 heavy (non-hydrogen) atoms. The van der Waals surface area contributed by atoms with Crippen molar-refractivity contribution in [1.82, 2.24) is 14.7 Å². The summed E-state index contributed by atoms with van der Waals surface area (Å²) >= 11 is 0. The third-order valence-corrected chi connectivity index (χ3v) is 8.04. The standard InChI is InChI=1S/C23H36N3O.ClH/c1-18-3-2-12-26(18,23-6-10-24-16-23)22-5-4-20-17-25(11-7-19(20)15-22)21-8-13-27-14-9-21;/h4-5,15,18,21,23-24H,2-3,6-14,16-17H2,1H3;1H/q+1;/t18-,23-,26?;/m0./s1. The lowest BCUT2D eigenvalue weighted by Gasteiger charge is -2.44. The molecule has 3 fully saturated rings. The maximum absolute atomic E-state index is 5.57. The van der Waals surface area contributed by atoms with Gasteiger partial charge in [-0.25, -0.2) is 0 Å². The fourth-order valence-electron chi connectivity index (χ4n) is 6.45. The number of nitrogens with zero attached hydrogens (tertiary/aromatic N) is 2. The number of ether oxygens (including phenoxy) is 1. The molecule has 5 heteroatoms. The summed E-state index contributed by atoms with van der Waals surface area (Å²) in [4.78, 5) is 2.72. The van der Waals surface area contributed by atoms with Gasteiger partial charge in [0.15, 0.2) is 0 Å². The first-order chi connectivity index (χ1) is 13.3. The number of benzene rings is 1. The van der Waals surface area contributed by atoms with Crippen LogP contribution < -0.4 is 9.80 Å². The third-order valence-electron chi connectivity index (χ3n) is 8.04. The van der Waals surface area contributed by atoms with Crippen LogP contribution in [0.15, 0.2) is 18.2 Å². The number of halogens is 1. The average molecular weight is 407 g/mol. The van der Waals surface area contributed by atoms with Crippen molar-refractivity contribution >= 4 is 18.1 Å². The van der Waals surface area contributed by atoms with Gasteiger partial charge in [-0.15, -0.1) is 12.4 Å². The Morgan fingerprint density at radius 3 is 2.68 bits per heavy atom. The lowest BCUT2D eigenvalue weighted by Crippen LogP contribution is -2.59. The number of likely N-dealkylation sites (tertiary alicyclic amines) is 1. The molecule has 1 aromatic carbocycles. The van der Waals surface area contributed by atoms with Gasteiger partial charge in [-0.2, -0.15) is 0 Å². The van der Waals surface area contributed by atoms with E-state index < -0.39 is 0 Å². The van der Waals surface area contributed by atoms with Crippen LogP contribution in [-0.2, 0) is 17.7 Å². The zero-order valence-electron chi connectivity index (χ0n) is 17.4. The molecule has 0 bridgehead atoms. The molecule has 4 aliphatic rings. The summed E-state index contributed by atoms with van der Waals surface area (Å²) in [5.74, 6) is 0. The van der Waals surface area contributed by atoms with E-state index in [0.29, 0.717) is 0 Å². The number of rotatable bonds is 3. The van der Waals surface area contributed by atoms with Gasteiger partial charge in [0.1, 0.15) is 11.7 Å². The van der Waals surface area contributed by atoms with Gasteiger partial charge in [0.25, 0.3) is 0 Å². The number of quaternary nitrogens is 1. The van der Waals surface area contributed by atoms with Crippen LogP contribution >= 0.6 is 12.4 Å². The van der Waals surface area contributed by atoms with Gasteiger partial charge in [0, 0.05) is 70.8 Å². The fraction of sp³-hybridized carbons (Fsp3) is 0.739. The topological polar surface area (TPSA) is 24.5 Å². The quantitative estimate of drug-likeness (QED) is 0.777. The molecule has 1 unspecified atom stereocenters. The number of fused-ring (bicyclic) bond motifs is 1. The Hall–Kier alpha value is -0.650. The molecule has 1 N–H and O–H groups in total. The average Bonchev–Trinajstić information content (AvgIpc) is 3.38. The first-order valence-electron chi connectivity index (χ1n) is 11.3. The molecule has 156 valence electrons. The first kappa shape index (κ1) is 20.6. The number of nitrogens with one attached hydrogen (secondary N) is 1. The minimum Gasteiger partial charge on any atom is -0.381 e. The monoisotopic (exact) mass is 406 g/mol. The van der Waals surface area contributed by atoms with Crippen LogP contribution in [0, 0.1) is 0 Å². The minimum absolute atomic E-state index is 0. The van der Waals surface area contributed by atoms with Gasteiger partial charge < -0.3 is 10.1 Å². The Balaban J connectivity index is 0.00000192. The van der Waals surface area contributed by atoms with E-state index in [-0.39, 0.29) is 12.4 Å². The van der Waals surface area contributed by atoms with Crippen LogP contribution in [0.4, 0.5) is 5.69 Å². The van der Waals surface area contributed by atoms with E-state index in [0.717, 1.165) is 37.9 Å². The largest absolute Gasteiger partial charge is 0.381 e. The van der Waals surface area contributed by atoms with E-state index in [1.807, 2.05) is 0 Å². The summed E-state index contributed by atoms with van der Waals surface area (Å²) in [5, 5.41) is 3.64. The predicted molar refractivity (Wildman–Crippen MR) is 118 cm³/mol. The lowest BCUT2D eigenvalue weighted by molar-refractivity contribution is 0.0290. The van der Waals surface area contributed by atoms with Crippen LogP contribution in [0.25, 0.3) is 0 Å². The first-order valence-corrected chi connectivity index (χ1v) is 11.3. The van der Waals surface area contributed by atoms with Crippen LogP contribution in [-0.4, -0.2) is 62.4 Å². The maximum atomic E-state index is 5.57. The van der Waals surface area contributed by atoms with Gasteiger partial charge in [-0.1, -0.05) is 6.07 Å². The van der Waals surface area contributed by atoms with E-state index in [1.165, 1.54) is 69.2 Å². The molecule has 0 amide bonds. The molecular formula is C23H37ClN3O+. The van der Waals surface area contributed by atoms with Crippen molar-refractivity contribution in [3.05, 3.63) is 29.3 Å². The number of hydrogen-bond acceptors (Lipinski definition) is 3. The molecule has 0 spiro atoms. The maximum Gasteiger partial charge on any atom is 0.133 e. The molecule has 4 heterocycles. The van der Waals surface area contributed by atoms with Crippen molar-refractivity contribution in [3.63, 3.8) is 0 Å². The van der Waals surface area contributed by atoms with E-state index >= 15 is 0 Å². The Bertz CT molecular complexity index is 672. The summed E-state index contributed by atoms with van der Waals surface area (Å²) in [5.41, 5.74) is 4.80. The molecule has 3 atom stereocenters. The zero-order valence-corrected chi connectivity index (χ0v) is 18.2. The second-order valence-corrected chi connectivity index (χ2v) is 9.31. The molecule has 0 aliphatic carbocycles. The summed E-state index contributed by atoms with van der Waals surface area (Å²) in [6.07, 6.45) is 7.73. The van der Waals surface area contributed by atoms with Crippen molar-refractivity contribution in [1.29, 1.82) is 0 Å². The van der Waals surface area contributed by atoms with Crippen molar-refractivity contribution in [2.24, 2.45) is 0 Å². The predicted octanol–water partition coefficient (Wildman–Crippen LogP) is 3.50. The zero-order chi connectivity index (χ0) is 18.3. The van der Waals surface area contributed by atoms with E-state index in [4.69, 9.17) is 4.74 Å². The molecule has 0 saturated carbocycles. The summed E-state index contributed by atoms with van der Waals surface area (Å²) in [7, 11) is 0. The Morgan fingerprint density at radius 1 is 1.11 bits per heavy atom. The van der Waals surface area contributed by atoms with Gasteiger partial charge in [0.05, 0.1) is 12.6 Å². The van der Waals surface area contributed by atoms with Crippen molar-refractivity contribution in [3.8, 4) is 0 Å². The van der Waals surface area contributed by atoms with Crippen molar-refractivity contribution < 1.29 is 4.74 Å². The van der Waals surface area contributed by atoms with E-state index in [2.05, 4.69) is 35.3 Å². The molecule has 3 saturated heterocycles. The van der Waals surface area contributed by atoms with Crippen molar-refractivity contribution in [2.75, 3.05) is 39.4 Å². The Morgan fingerprint density at radius 2 is 1.96 bits per heavy atom. The molecule has 0 radical (unpaired) electrons. The van der Waals surface area contributed by atoms with Crippen LogP contribution in [0.2, 0.25) is 0 Å². The highest BCUT2D eigenvalue weighted by atomic mass is 35.5. The van der Waals surface area contributed by atoms with Crippen LogP contribution in [0.1, 0.15) is 50.2 Å². The highest BCUT2D eigenvalue weighted by Gasteiger charge is 2.48. The Labute approximate surface area is 176 Å². The van der Waals surface area contributed by atoms with Crippen LogP contribution in [0.5, 0.6) is 0 Å². The van der Waals surface area contributed by atoms with E-state index in [1.54, 1.807) is 16.8 Å². The number of hydrogen-bond donors (Lipinski definition) is 1. The third kappa shape index (κ3) is 3.52. The van der Waals surface area contributed by atoms with Gasteiger partial charge in [-0.05, 0) is 43.4 Å². The lowest BCUT2D eigenvalue weighted by atomic mass is 9.94. The fourth-order valence-corrected chi connectivity index (χ4v) is 6.45. The summed E-state index contributed by atoms with van der Waals surface area (Å²) < 4.78 is 6.81. The molecule has 5 rings (SSSR count). The highest BCUT2D eigenvalue weighted by Crippen LogP contribution is 2.40. The molecule has 4 nitrogen and oxygen atoms in total.